The van der Waals surface area contributed by atoms with Gasteiger partial charge in [-0.2, -0.15) is 0 Å². The van der Waals surface area contributed by atoms with Crippen LogP contribution >= 0.6 is 12.2 Å². The van der Waals surface area contributed by atoms with E-state index in [1.165, 1.54) is 11.1 Å². The van der Waals surface area contributed by atoms with Crippen molar-refractivity contribution in [3.8, 4) is 5.75 Å². The number of hydrogen-bond donors (Lipinski definition) is 2. The Labute approximate surface area is 183 Å². The number of pyridine rings is 1. The molecule has 0 spiro atoms. The maximum Gasteiger partial charge on any atom is 0.253 e. The fourth-order valence-corrected chi connectivity index (χ4v) is 3.68. The normalized spacial score (nSPS) is 10.8. The van der Waals surface area contributed by atoms with Gasteiger partial charge in [0.15, 0.2) is 5.11 Å². The van der Waals surface area contributed by atoms with E-state index in [1.54, 1.807) is 7.11 Å². The molecule has 0 unspecified atom stereocenters. The average Bonchev–Trinajstić information content (AvgIpc) is 2.75. The number of fused-ring (bicyclic) bond motifs is 1. The van der Waals surface area contributed by atoms with Crippen LogP contribution in [0.5, 0.6) is 5.75 Å². The van der Waals surface area contributed by atoms with Gasteiger partial charge in [-0.25, -0.2) is 0 Å². The minimum absolute atomic E-state index is 0.0909. The lowest BCUT2D eigenvalue weighted by molar-refractivity contribution is 0.407. The molecule has 0 atom stereocenters. The average molecular weight is 424 g/mol. The van der Waals surface area contributed by atoms with E-state index in [2.05, 4.69) is 47.2 Å². The van der Waals surface area contributed by atoms with Gasteiger partial charge in [-0.1, -0.05) is 31.2 Å². The van der Waals surface area contributed by atoms with E-state index in [0.717, 1.165) is 42.6 Å². The molecule has 0 aliphatic heterocycles. The maximum absolute atomic E-state index is 12.7. The van der Waals surface area contributed by atoms with Crippen molar-refractivity contribution in [3.63, 3.8) is 0 Å². The van der Waals surface area contributed by atoms with E-state index in [1.807, 2.05) is 30.3 Å². The van der Waals surface area contributed by atoms with Crippen molar-refractivity contribution in [2.24, 2.45) is 0 Å². The molecule has 30 heavy (non-hydrogen) atoms. The number of benzene rings is 2. The Hall–Kier alpha value is -2.86. The number of methoxy groups -OCH3 is 1. The molecule has 0 radical (unpaired) electrons. The molecule has 2 aromatic carbocycles. The summed E-state index contributed by atoms with van der Waals surface area (Å²) < 4.78 is 5.32. The molecular weight excluding hydrogens is 394 g/mol. The van der Waals surface area contributed by atoms with Crippen molar-refractivity contribution < 1.29 is 4.74 Å². The van der Waals surface area contributed by atoms with Crippen LogP contribution in [0.2, 0.25) is 0 Å². The standard InChI is InChI=1S/C24H29N3O2S/c1-4-12-25-24(30)27(13-11-18-8-6-5-7-17(18)2)16-20-14-19-15-21(29-3)9-10-22(19)26-23(20)28/h5-10,14-15H,4,11-13,16H2,1-3H3,(H,25,30)(H,26,28). The van der Waals surface area contributed by atoms with Crippen molar-refractivity contribution in [3.05, 3.63) is 75.6 Å². The van der Waals surface area contributed by atoms with Gasteiger partial charge in [0.25, 0.3) is 5.56 Å². The summed E-state index contributed by atoms with van der Waals surface area (Å²) in [6.07, 6.45) is 1.85. The van der Waals surface area contributed by atoms with Crippen molar-refractivity contribution in [1.82, 2.24) is 15.2 Å². The molecule has 0 fully saturated rings. The minimum atomic E-state index is -0.0909. The number of aromatic nitrogens is 1. The Balaban J connectivity index is 1.85. The van der Waals surface area contributed by atoms with Crippen molar-refractivity contribution in [2.75, 3.05) is 20.2 Å². The number of H-pyrrole nitrogens is 1. The number of aromatic amines is 1. The summed E-state index contributed by atoms with van der Waals surface area (Å²) >= 11 is 5.65. The largest absolute Gasteiger partial charge is 0.497 e. The van der Waals surface area contributed by atoms with Gasteiger partial charge in [0, 0.05) is 29.6 Å². The first-order chi connectivity index (χ1) is 14.5. The van der Waals surface area contributed by atoms with Crippen LogP contribution in [-0.2, 0) is 13.0 Å². The predicted molar refractivity (Wildman–Crippen MR) is 127 cm³/mol. The molecule has 0 bridgehead atoms. The molecule has 5 nitrogen and oxygen atoms in total. The third-order valence-electron chi connectivity index (χ3n) is 5.22. The topological polar surface area (TPSA) is 57.4 Å². The van der Waals surface area contributed by atoms with Gasteiger partial charge in [-0.3, -0.25) is 4.79 Å². The molecule has 0 saturated heterocycles. The van der Waals surface area contributed by atoms with Gasteiger partial charge in [0.1, 0.15) is 5.75 Å². The van der Waals surface area contributed by atoms with E-state index in [9.17, 15) is 4.79 Å². The number of aryl methyl sites for hydroxylation is 1. The second-order valence-corrected chi connectivity index (χ2v) is 7.79. The molecule has 2 N–H and O–H groups in total. The molecular formula is C24H29N3O2S. The summed E-state index contributed by atoms with van der Waals surface area (Å²) in [6, 6.07) is 15.9. The van der Waals surface area contributed by atoms with Crippen LogP contribution in [-0.4, -0.2) is 35.2 Å². The lowest BCUT2D eigenvalue weighted by Gasteiger charge is -2.26. The lowest BCUT2D eigenvalue weighted by atomic mass is 10.1. The summed E-state index contributed by atoms with van der Waals surface area (Å²) in [5.74, 6) is 0.761. The maximum atomic E-state index is 12.7. The highest BCUT2D eigenvalue weighted by molar-refractivity contribution is 7.80. The van der Waals surface area contributed by atoms with E-state index < -0.39 is 0 Å². The number of ether oxygens (including phenoxy) is 1. The van der Waals surface area contributed by atoms with Crippen LogP contribution in [0.3, 0.4) is 0 Å². The van der Waals surface area contributed by atoms with Crippen LogP contribution < -0.4 is 15.6 Å². The Morgan fingerprint density at radius 1 is 1.17 bits per heavy atom. The highest BCUT2D eigenvalue weighted by Gasteiger charge is 2.14. The number of nitrogens with one attached hydrogen (secondary N) is 2. The molecule has 3 rings (SSSR count). The second kappa shape index (κ2) is 10.3. The zero-order chi connectivity index (χ0) is 21.5. The molecule has 6 heteroatoms. The van der Waals surface area contributed by atoms with E-state index in [4.69, 9.17) is 17.0 Å². The SMILES string of the molecule is CCCNC(=S)N(CCc1ccccc1C)Cc1cc2cc(OC)ccc2[nH]c1=O. The first-order valence-electron chi connectivity index (χ1n) is 10.3. The Kier molecular flexibility index (Phi) is 7.46. The predicted octanol–water partition coefficient (Wildman–Crippen LogP) is 4.17. The number of thiocarbonyl (C=S) groups is 1. The molecule has 0 amide bonds. The zero-order valence-electron chi connectivity index (χ0n) is 17.8. The first-order valence-corrected chi connectivity index (χ1v) is 10.7. The Bertz CT molecular complexity index is 1080. The summed E-state index contributed by atoms with van der Waals surface area (Å²) in [5, 5.41) is 4.92. The van der Waals surface area contributed by atoms with Crippen LogP contribution in [0.1, 0.15) is 30.0 Å². The third-order valence-corrected chi connectivity index (χ3v) is 5.62. The number of rotatable bonds is 8. The van der Waals surface area contributed by atoms with Crippen molar-refractivity contribution >= 4 is 28.2 Å². The smallest absolute Gasteiger partial charge is 0.253 e. The van der Waals surface area contributed by atoms with Crippen LogP contribution in [0.15, 0.2) is 53.3 Å². The number of nitrogens with zero attached hydrogens (tertiary/aromatic N) is 1. The third kappa shape index (κ3) is 5.39. The van der Waals surface area contributed by atoms with Gasteiger partial charge >= 0.3 is 0 Å². The van der Waals surface area contributed by atoms with Crippen LogP contribution in [0.25, 0.3) is 10.9 Å². The quantitative estimate of drug-likeness (QED) is 0.533. The van der Waals surface area contributed by atoms with Crippen molar-refractivity contribution in [2.45, 2.75) is 33.2 Å². The van der Waals surface area contributed by atoms with Gasteiger partial charge in [-0.15, -0.1) is 0 Å². The van der Waals surface area contributed by atoms with Crippen molar-refractivity contribution in [1.29, 1.82) is 0 Å². The molecule has 0 saturated carbocycles. The van der Waals surface area contributed by atoms with Gasteiger partial charge in [-0.05, 0) is 67.4 Å². The monoisotopic (exact) mass is 423 g/mol. The molecule has 0 aliphatic rings. The zero-order valence-corrected chi connectivity index (χ0v) is 18.6. The lowest BCUT2D eigenvalue weighted by Crippen LogP contribution is -2.41. The Morgan fingerprint density at radius 3 is 2.70 bits per heavy atom. The molecule has 0 aliphatic carbocycles. The minimum Gasteiger partial charge on any atom is -0.497 e. The second-order valence-electron chi connectivity index (χ2n) is 7.41. The highest BCUT2D eigenvalue weighted by Crippen LogP contribution is 2.19. The molecule has 3 aromatic rings. The van der Waals surface area contributed by atoms with Crippen LogP contribution in [0, 0.1) is 6.92 Å². The van der Waals surface area contributed by atoms with E-state index in [0.29, 0.717) is 17.2 Å². The fourth-order valence-electron chi connectivity index (χ4n) is 3.42. The molecule has 1 aromatic heterocycles. The highest BCUT2D eigenvalue weighted by atomic mass is 32.1. The van der Waals surface area contributed by atoms with E-state index >= 15 is 0 Å². The van der Waals surface area contributed by atoms with Gasteiger partial charge in [0.2, 0.25) is 0 Å². The Morgan fingerprint density at radius 2 is 1.97 bits per heavy atom. The summed E-state index contributed by atoms with van der Waals surface area (Å²) in [5.41, 5.74) is 3.94. The fraction of sp³-hybridized carbons (Fsp3) is 0.333. The van der Waals surface area contributed by atoms with Gasteiger partial charge in [0.05, 0.1) is 13.7 Å². The first kappa shape index (κ1) is 21.8. The molecule has 1 heterocycles. The summed E-state index contributed by atoms with van der Waals surface area (Å²) in [7, 11) is 1.64. The van der Waals surface area contributed by atoms with Gasteiger partial charge < -0.3 is 19.9 Å². The van der Waals surface area contributed by atoms with E-state index in [-0.39, 0.29) is 5.56 Å². The number of hydrogen-bond acceptors (Lipinski definition) is 3. The van der Waals surface area contributed by atoms with Crippen LogP contribution in [0.4, 0.5) is 0 Å². The summed E-state index contributed by atoms with van der Waals surface area (Å²) in [4.78, 5) is 17.8. The molecule has 158 valence electrons. The summed E-state index contributed by atoms with van der Waals surface area (Å²) in [6.45, 7) is 6.22.